The van der Waals surface area contributed by atoms with Crippen molar-refractivity contribution in [3.05, 3.63) is 75.6 Å². The molecule has 11 heteroatoms. The van der Waals surface area contributed by atoms with Gasteiger partial charge in [0.2, 0.25) is 0 Å². The molecule has 2 heterocycles. The van der Waals surface area contributed by atoms with Crippen LogP contribution in [0.15, 0.2) is 36.4 Å². The maximum absolute atomic E-state index is 15.8. The molecule has 0 aromatic heterocycles. The third kappa shape index (κ3) is 6.78. The summed E-state index contributed by atoms with van der Waals surface area (Å²) in [6.45, 7) is 4.85. The summed E-state index contributed by atoms with van der Waals surface area (Å²) in [5.41, 5.74) is 1.44. The second-order valence-electron chi connectivity index (χ2n) is 12.8. The lowest BCUT2D eigenvalue weighted by Crippen LogP contribution is -2.41. The minimum atomic E-state index is -4.90. The SMILES string of the molecule is COC(=O)C[C@@H]1COc2cc(OC[C@@H]3CCc4c(-c5c(C)cc(OCC6(O)CCOCC6)cc5C)cc(C(F)(F)F)c(F)c43)ccc21. The number of carbonyl (C=O) groups is 1. The Hall–Kier alpha value is -3.83. The number of hydrogen-bond donors (Lipinski definition) is 1. The molecule has 47 heavy (non-hydrogen) atoms. The summed E-state index contributed by atoms with van der Waals surface area (Å²) in [5, 5.41) is 10.8. The molecule has 0 bridgehead atoms. The third-order valence-electron chi connectivity index (χ3n) is 9.53. The van der Waals surface area contributed by atoms with E-state index in [0.717, 1.165) is 11.6 Å². The second-order valence-corrected chi connectivity index (χ2v) is 12.8. The van der Waals surface area contributed by atoms with Crippen LogP contribution in [0.5, 0.6) is 17.2 Å². The molecule has 252 valence electrons. The molecule has 3 aromatic carbocycles. The van der Waals surface area contributed by atoms with Crippen molar-refractivity contribution >= 4 is 5.97 Å². The van der Waals surface area contributed by atoms with Crippen LogP contribution in [-0.4, -0.2) is 56.8 Å². The number of rotatable bonds is 9. The highest BCUT2D eigenvalue weighted by atomic mass is 19.4. The van der Waals surface area contributed by atoms with Crippen molar-refractivity contribution in [2.45, 2.75) is 69.6 Å². The lowest BCUT2D eigenvalue weighted by Gasteiger charge is -2.31. The largest absolute Gasteiger partial charge is 0.493 e. The van der Waals surface area contributed by atoms with Gasteiger partial charge in [-0.2, -0.15) is 13.2 Å². The van der Waals surface area contributed by atoms with Gasteiger partial charge in [-0.3, -0.25) is 4.79 Å². The molecule has 2 atom stereocenters. The smallest absolute Gasteiger partial charge is 0.419 e. The van der Waals surface area contributed by atoms with E-state index in [4.69, 9.17) is 23.7 Å². The standard InChI is InChI=1S/C36H38F4O7/c1-20-12-25(47-19-35(42)8-10-44-11-9-35)13-21(2)32(20)28-16-29(36(38,39)40)34(37)33-22(4-6-27(28)33)17-45-24-5-7-26-23(14-31(41)43-3)18-46-30(26)15-24/h5,7,12-13,15-16,22-23,42H,4,6,8-11,14,17-19H2,1-3H3/t22-,23+/m0/s1. The molecule has 3 aromatic rings. The Morgan fingerprint density at radius 1 is 1.02 bits per heavy atom. The first-order valence-corrected chi connectivity index (χ1v) is 15.8. The van der Waals surface area contributed by atoms with Gasteiger partial charge < -0.3 is 28.8 Å². The highest BCUT2D eigenvalue weighted by Crippen LogP contribution is 2.48. The van der Waals surface area contributed by atoms with Crippen LogP contribution in [0.25, 0.3) is 11.1 Å². The first kappa shape index (κ1) is 33.1. The minimum Gasteiger partial charge on any atom is -0.493 e. The summed E-state index contributed by atoms with van der Waals surface area (Å²) in [4.78, 5) is 11.7. The lowest BCUT2D eigenvalue weighted by atomic mass is 9.87. The van der Waals surface area contributed by atoms with Crippen molar-refractivity contribution in [1.29, 1.82) is 0 Å². The molecule has 3 aliphatic rings. The summed E-state index contributed by atoms with van der Waals surface area (Å²) in [5.74, 6) is -0.841. The highest BCUT2D eigenvalue weighted by molar-refractivity contribution is 5.77. The molecular weight excluding hydrogens is 620 g/mol. The maximum atomic E-state index is 15.8. The number of aliphatic hydroxyl groups is 1. The van der Waals surface area contributed by atoms with Crippen molar-refractivity contribution in [3.63, 3.8) is 0 Å². The van der Waals surface area contributed by atoms with Gasteiger partial charge in [0.15, 0.2) is 0 Å². The van der Waals surface area contributed by atoms with Gasteiger partial charge in [0.1, 0.15) is 35.3 Å². The van der Waals surface area contributed by atoms with Crippen molar-refractivity contribution in [1.82, 2.24) is 0 Å². The number of fused-ring (bicyclic) bond motifs is 2. The van der Waals surface area contributed by atoms with Gasteiger partial charge in [-0.05, 0) is 84.3 Å². The van der Waals surface area contributed by atoms with E-state index in [-0.39, 0.29) is 37.1 Å². The predicted molar refractivity (Wildman–Crippen MR) is 165 cm³/mol. The first-order valence-electron chi connectivity index (χ1n) is 15.8. The molecule has 0 amide bonds. The predicted octanol–water partition coefficient (Wildman–Crippen LogP) is 7.20. The minimum absolute atomic E-state index is 0.0201. The molecule has 0 saturated carbocycles. The molecule has 1 fully saturated rings. The fraction of sp³-hybridized carbons (Fsp3) is 0.472. The number of alkyl halides is 3. The van der Waals surface area contributed by atoms with E-state index in [1.54, 1.807) is 44.2 Å². The Labute approximate surface area is 270 Å². The number of benzene rings is 3. The normalized spacial score (nSPS) is 19.9. The monoisotopic (exact) mass is 658 g/mol. The van der Waals surface area contributed by atoms with Crippen LogP contribution in [0.3, 0.4) is 0 Å². The zero-order valence-corrected chi connectivity index (χ0v) is 26.6. The number of carbonyl (C=O) groups excluding carboxylic acids is 1. The van der Waals surface area contributed by atoms with Crippen molar-refractivity contribution in [3.8, 4) is 28.4 Å². The molecule has 0 radical (unpaired) electrons. The quantitative estimate of drug-likeness (QED) is 0.192. The number of ether oxygens (including phenoxy) is 5. The van der Waals surface area contributed by atoms with Gasteiger partial charge in [0.25, 0.3) is 0 Å². The molecular formula is C36H38F4O7. The van der Waals surface area contributed by atoms with E-state index >= 15 is 4.39 Å². The van der Waals surface area contributed by atoms with Gasteiger partial charge in [-0.1, -0.05) is 6.07 Å². The molecule has 6 rings (SSSR count). The molecule has 1 aliphatic carbocycles. The van der Waals surface area contributed by atoms with Crippen LogP contribution < -0.4 is 14.2 Å². The van der Waals surface area contributed by atoms with Crippen LogP contribution in [0.1, 0.15) is 70.9 Å². The van der Waals surface area contributed by atoms with Gasteiger partial charge in [0, 0.05) is 49.5 Å². The maximum Gasteiger partial charge on any atom is 0.419 e. The Morgan fingerprint density at radius 3 is 2.43 bits per heavy atom. The molecule has 1 saturated heterocycles. The topological polar surface area (TPSA) is 83.5 Å². The van der Waals surface area contributed by atoms with Gasteiger partial charge in [-0.25, -0.2) is 4.39 Å². The molecule has 2 aliphatic heterocycles. The van der Waals surface area contributed by atoms with Crippen LogP contribution in [-0.2, 0) is 26.9 Å². The fourth-order valence-corrected chi connectivity index (χ4v) is 7.01. The van der Waals surface area contributed by atoms with Crippen molar-refractivity contribution in [2.24, 2.45) is 0 Å². The summed E-state index contributed by atoms with van der Waals surface area (Å²) < 4.78 is 86.4. The number of aryl methyl sites for hydroxylation is 2. The number of methoxy groups -OCH3 is 1. The van der Waals surface area contributed by atoms with E-state index in [1.807, 2.05) is 0 Å². The second kappa shape index (κ2) is 13.0. The van der Waals surface area contributed by atoms with Gasteiger partial charge in [-0.15, -0.1) is 0 Å². The molecule has 0 unspecified atom stereocenters. The summed E-state index contributed by atoms with van der Waals surface area (Å²) >= 11 is 0. The summed E-state index contributed by atoms with van der Waals surface area (Å²) in [6, 6.07) is 9.63. The van der Waals surface area contributed by atoms with Gasteiger partial charge >= 0.3 is 12.1 Å². The van der Waals surface area contributed by atoms with Gasteiger partial charge in [0.05, 0.1) is 32.3 Å². The average molecular weight is 659 g/mol. The van der Waals surface area contributed by atoms with E-state index in [1.165, 1.54) is 7.11 Å². The van der Waals surface area contributed by atoms with Crippen LogP contribution in [0, 0.1) is 19.7 Å². The Balaban J connectivity index is 1.26. The molecule has 7 nitrogen and oxygen atoms in total. The summed E-state index contributed by atoms with van der Waals surface area (Å²) in [7, 11) is 1.33. The Kier molecular flexibility index (Phi) is 9.15. The van der Waals surface area contributed by atoms with E-state index in [0.29, 0.717) is 90.6 Å². The van der Waals surface area contributed by atoms with E-state index in [9.17, 15) is 23.1 Å². The van der Waals surface area contributed by atoms with Crippen LogP contribution >= 0.6 is 0 Å². The number of esters is 1. The van der Waals surface area contributed by atoms with Crippen molar-refractivity contribution < 1.29 is 51.1 Å². The number of hydrogen-bond acceptors (Lipinski definition) is 7. The zero-order valence-electron chi connectivity index (χ0n) is 26.6. The zero-order chi connectivity index (χ0) is 33.5. The third-order valence-corrected chi connectivity index (χ3v) is 9.53. The van der Waals surface area contributed by atoms with Crippen molar-refractivity contribution in [2.75, 3.05) is 40.1 Å². The van der Waals surface area contributed by atoms with Crippen LogP contribution in [0.4, 0.5) is 17.6 Å². The number of halogens is 4. The highest BCUT2D eigenvalue weighted by Gasteiger charge is 2.41. The Bertz CT molecular complexity index is 1640. The molecule has 1 N–H and O–H groups in total. The first-order chi connectivity index (χ1) is 22.4. The lowest BCUT2D eigenvalue weighted by molar-refractivity contribution is -0.141. The average Bonchev–Trinajstić information content (AvgIpc) is 3.64. The molecule has 0 spiro atoms. The Morgan fingerprint density at radius 2 is 1.74 bits per heavy atom. The van der Waals surface area contributed by atoms with E-state index < -0.39 is 29.1 Å². The summed E-state index contributed by atoms with van der Waals surface area (Å²) in [6.07, 6.45) is -3.00. The fourth-order valence-electron chi connectivity index (χ4n) is 7.01. The van der Waals surface area contributed by atoms with Crippen LogP contribution in [0.2, 0.25) is 0 Å². The van der Waals surface area contributed by atoms with E-state index in [2.05, 4.69) is 0 Å².